The van der Waals surface area contributed by atoms with E-state index in [-0.39, 0.29) is 0 Å². The van der Waals surface area contributed by atoms with Crippen LogP contribution in [0.2, 0.25) is 0 Å². The number of aliphatic carboxylic acids is 1. The first-order chi connectivity index (χ1) is 6.18. The molecule has 2 heteroatoms. The van der Waals surface area contributed by atoms with Crippen LogP contribution in [0.4, 0.5) is 0 Å². The van der Waals surface area contributed by atoms with Crippen LogP contribution in [-0.2, 0) is 4.79 Å². The fourth-order valence-electron chi connectivity index (χ4n) is 0.599. The largest absolute Gasteiger partial charge is 0.545 e. The Hall–Kier alpha value is -1.05. The zero-order chi connectivity index (χ0) is 10.5. The quantitative estimate of drug-likeness (QED) is 0.494. The Morgan fingerprint density at radius 1 is 1.23 bits per heavy atom. The van der Waals surface area contributed by atoms with Gasteiger partial charge in [0.25, 0.3) is 0 Å². The van der Waals surface area contributed by atoms with E-state index in [1.165, 1.54) is 25.3 Å². The molecule has 0 aromatic heterocycles. The SMILES string of the molecule is C/C=C/C=C/C(=O)[O-].CCCCC. The van der Waals surface area contributed by atoms with Crippen LogP contribution in [0.3, 0.4) is 0 Å². The minimum absolute atomic E-state index is 0.972. The number of carbonyl (C=O) groups excluding carboxylic acids is 1. The minimum Gasteiger partial charge on any atom is -0.545 e. The van der Waals surface area contributed by atoms with E-state index in [4.69, 9.17) is 0 Å². The summed E-state index contributed by atoms with van der Waals surface area (Å²) in [6.45, 7) is 6.23. The number of carbonyl (C=O) groups is 1. The molecule has 0 heterocycles. The third-order valence-corrected chi connectivity index (χ3v) is 1.24. The van der Waals surface area contributed by atoms with Crippen molar-refractivity contribution in [2.24, 2.45) is 0 Å². The van der Waals surface area contributed by atoms with Crippen LogP contribution in [-0.4, -0.2) is 5.97 Å². The van der Waals surface area contributed by atoms with Crippen LogP contribution in [0.15, 0.2) is 24.3 Å². The van der Waals surface area contributed by atoms with Gasteiger partial charge in [-0.3, -0.25) is 0 Å². The number of carboxylic acids is 1. The van der Waals surface area contributed by atoms with Crippen molar-refractivity contribution in [3.63, 3.8) is 0 Å². The highest BCUT2D eigenvalue weighted by molar-refractivity contribution is 5.77. The number of hydrogen-bond donors (Lipinski definition) is 0. The second-order valence-corrected chi connectivity index (χ2v) is 2.56. The number of carboxylic acid groups (broad SMARTS) is 1. The summed E-state index contributed by atoms with van der Waals surface area (Å²) >= 11 is 0. The number of rotatable bonds is 4. The molecule has 76 valence electrons. The van der Waals surface area contributed by atoms with Crippen molar-refractivity contribution >= 4 is 5.97 Å². The third kappa shape index (κ3) is 24.8. The molecule has 0 amide bonds. The average molecular weight is 183 g/mol. The maximum atomic E-state index is 9.64. The molecule has 0 fully saturated rings. The topological polar surface area (TPSA) is 40.1 Å². The van der Waals surface area contributed by atoms with Crippen LogP contribution in [0.1, 0.15) is 40.0 Å². The van der Waals surface area contributed by atoms with Crippen molar-refractivity contribution in [1.29, 1.82) is 0 Å². The van der Waals surface area contributed by atoms with E-state index >= 15 is 0 Å². The Morgan fingerprint density at radius 3 is 2.00 bits per heavy atom. The van der Waals surface area contributed by atoms with Gasteiger partial charge in [0.1, 0.15) is 0 Å². The van der Waals surface area contributed by atoms with E-state index in [1.54, 1.807) is 19.1 Å². The van der Waals surface area contributed by atoms with E-state index in [2.05, 4.69) is 13.8 Å². The molecule has 0 bridgehead atoms. The second-order valence-electron chi connectivity index (χ2n) is 2.56. The Bertz CT molecular complexity index is 155. The van der Waals surface area contributed by atoms with Crippen LogP contribution in [0.5, 0.6) is 0 Å². The molecule has 0 aliphatic heterocycles. The van der Waals surface area contributed by atoms with Gasteiger partial charge in [0.05, 0.1) is 5.97 Å². The van der Waals surface area contributed by atoms with Gasteiger partial charge in [-0.05, 0) is 13.0 Å². The zero-order valence-electron chi connectivity index (χ0n) is 8.75. The summed E-state index contributed by atoms with van der Waals surface area (Å²) < 4.78 is 0. The molecule has 0 N–H and O–H groups in total. The summed E-state index contributed by atoms with van der Waals surface area (Å²) in [5.41, 5.74) is 0. The molecule has 0 aliphatic rings. The lowest BCUT2D eigenvalue weighted by atomic mass is 10.3. The molecule has 0 aromatic rings. The van der Waals surface area contributed by atoms with Gasteiger partial charge in [-0.2, -0.15) is 0 Å². The summed E-state index contributed by atoms with van der Waals surface area (Å²) in [7, 11) is 0. The molecule has 0 unspecified atom stereocenters. The van der Waals surface area contributed by atoms with Crippen molar-refractivity contribution in [3.8, 4) is 0 Å². The summed E-state index contributed by atoms with van der Waals surface area (Å²) in [6.07, 6.45) is 9.82. The maximum Gasteiger partial charge on any atom is 0.0642 e. The van der Waals surface area contributed by atoms with Gasteiger partial charge >= 0.3 is 0 Å². The van der Waals surface area contributed by atoms with Gasteiger partial charge in [0.2, 0.25) is 0 Å². The number of unbranched alkanes of at least 4 members (excludes halogenated alkanes) is 2. The molecule has 0 aromatic carbocycles. The molecular formula is C11H19O2-. The van der Waals surface area contributed by atoms with Gasteiger partial charge in [-0.1, -0.05) is 51.3 Å². The van der Waals surface area contributed by atoms with Crippen molar-refractivity contribution in [3.05, 3.63) is 24.3 Å². The van der Waals surface area contributed by atoms with Gasteiger partial charge in [0, 0.05) is 0 Å². The molecule has 0 aliphatic carbocycles. The highest BCUT2D eigenvalue weighted by Crippen LogP contribution is 1.88. The van der Waals surface area contributed by atoms with Crippen molar-refractivity contribution in [2.45, 2.75) is 40.0 Å². The lowest BCUT2D eigenvalue weighted by molar-refractivity contribution is -0.297. The normalized spacial score (nSPS) is 10.1. The minimum atomic E-state index is -1.16. The first-order valence-corrected chi connectivity index (χ1v) is 4.69. The summed E-state index contributed by atoms with van der Waals surface area (Å²) in [5, 5.41) is 9.64. The van der Waals surface area contributed by atoms with Gasteiger partial charge in [-0.25, -0.2) is 0 Å². The molecule has 0 spiro atoms. The lowest BCUT2D eigenvalue weighted by Crippen LogP contribution is -2.18. The summed E-state index contributed by atoms with van der Waals surface area (Å²) in [6, 6.07) is 0. The molecule has 0 atom stereocenters. The van der Waals surface area contributed by atoms with E-state index in [1.807, 2.05) is 0 Å². The molecular weight excluding hydrogens is 164 g/mol. The Kier molecular flexibility index (Phi) is 15.1. The van der Waals surface area contributed by atoms with Crippen LogP contribution >= 0.6 is 0 Å². The van der Waals surface area contributed by atoms with Gasteiger partial charge in [0.15, 0.2) is 0 Å². The average Bonchev–Trinajstić information content (AvgIpc) is 2.07. The number of hydrogen-bond acceptors (Lipinski definition) is 2. The Labute approximate surface area is 81.0 Å². The highest BCUT2D eigenvalue weighted by Gasteiger charge is 1.68. The standard InChI is InChI=1S/C6H8O2.C5H12/c1-2-3-4-5-6(7)8;1-3-5-4-2/h2-5H,1H3,(H,7,8);3-5H2,1-2H3/p-1/b3-2+,5-4+;. The molecule has 2 nitrogen and oxygen atoms in total. The van der Waals surface area contributed by atoms with Crippen molar-refractivity contribution < 1.29 is 9.90 Å². The van der Waals surface area contributed by atoms with Crippen molar-refractivity contribution in [2.75, 3.05) is 0 Å². The predicted molar refractivity (Wildman–Crippen MR) is 54.2 cm³/mol. The Balaban J connectivity index is 0. The third-order valence-electron chi connectivity index (χ3n) is 1.24. The van der Waals surface area contributed by atoms with E-state index in [0.717, 1.165) is 6.08 Å². The summed E-state index contributed by atoms with van der Waals surface area (Å²) in [5.74, 6) is -1.16. The zero-order valence-corrected chi connectivity index (χ0v) is 8.75. The molecule has 0 saturated heterocycles. The molecule has 0 rings (SSSR count). The Morgan fingerprint density at radius 2 is 1.77 bits per heavy atom. The summed E-state index contributed by atoms with van der Waals surface area (Å²) in [4.78, 5) is 9.64. The first-order valence-electron chi connectivity index (χ1n) is 4.69. The highest BCUT2D eigenvalue weighted by atomic mass is 16.4. The van der Waals surface area contributed by atoms with E-state index in [9.17, 15) is 9.90 Å². The molecule has 13 heavy (non-hydrogen) atoms. The first kappa shape index (κ1) is 14.5. The maximum absolute atomic E-state index is 9.64. The van der Waals surface area contributed by atoms with Crippen molar-refractivity contribution in [1.82, 2.24) is 0 Å². The monoisotopic (exact) mass is 183 g/mol. The van der Waals surface area contributed by atoms with E-state index in [0.29, 0.717) is 0 Å². The molecule has 0 saturated carbocycles. The predicted octanol–water partition coefficient (Wildman–Crippen LogP) is 2.07. The smallest absolute Gasteiger partial charge is 0.0642 e. The van der Waals surface area contributed by atoms with Crippen LogP contribution < -0.4 is 5.11 Å². The molecule has 0 radical (unpaired) electrons. The van der Waals surface area contributed by atoms with Gasteiger partial charge < -0.3 is 9.90 Å². The lowest BCUT2D eigenvalue weighted by Gasteiger charge is -1.84. The van der Waals surface area contributed by atoms with Gasteiger partial charge in [-0.15, -0.1) is 0 Å². The fraction of sp³-hybridized carbons (Fsp3) is 0.545. The van der Waals surface area contributed by atoms with E-state index < -0.39 is 5.97 Å². The fourth-order valence-corrected chi connectivity index (χ4v) is 0.599. The number of allylic oxidation sites excluding steroid dienone is 3. The second kappa shape index (κ2) is 13.5. The van der Waals surface area contributed by atoms with Crippen LogP contribution in [0.25, 0.3) is 0 Å². The van der Waals surface area contributed by atoms with Crippen LogP contribution in [0, 0.1) is 0 Å².